The Morgan fingerprint density at radius 1 is 0.700 bits per heavy atom. The predicted octanol–water partition coefficient (Wildman–Crippen LogP) is 4.01. The summed E-state index contributed by atoms with van der Waals surface area (Å²) in [5, 5.41) is 2.29. The van der Waals surface area contributed by atoms with Crippen LogP contribution in [0.15, 0.2) is 84.9 Å². The van der Waals surface area contributed by atoms with E-state index in [4.69, 9.17) is 9.47 Å². The van der Waals surface area contributed by atoms with Crippen LogP contribution in [-0.4, -0.2) is 31.0 Å². The van der Waals surface area contributed by atoms with Gasteiger partial charge in [-0.05, 0) is 16.7 Å². The average molecular weight is 403 g/mol. The molecule has 6 heteroatoms. The smallest absolute Gasteiger partial charge is 0.407 e. The molecule has 0 radical (unpaired) electrons. The molecular weight excluding hydrogens is 382 g/mol. The minimum absolute atomic E-state index is 0.0964. The molecule has 0 spiro atoms. The van der Waals surface area contributed by atoms with Crippen LogP contribution in [0, 0.1) is 0 Å². The van der Waals surface area contributed by atoms with Gasteiger partial charge in [0, 0.05) is 5.56 Å². The summed E-state index contributed by atoms with van der Waals surface area (Å²) in [5.74, 6) is -1.05. The second-order valence-corrected chi connectivity index (χ2v) is 6.44. The van der Waals surface area contributed by atoms with E-state index >= 15 is 0 Å². The first kappa shape index (κ1) is 20.8. The zero-order valence-corrected chi connectivity index (χ0v) is 16.2. The number of carbonyl (C=O) groups is 3. The van der Waals surface area contributed by atoms with Gasteiger partial charge >= 0.3 is 12.1 Å². The van der Waals surface area contributed by atoms with Gasteiger partial charge in [0.15, 0.2) is 12.4 Å². The highest BCUT2D eigenvalue weighted by Gasteiger charge is 2.12. The molecule has 0 aliphatic rings. The van der Waals surface area contributed by atoms with Gasteiger partial charge in [0.1, 0.15) is 13.2 Å². The maximum atomic E-state index is 12.2. The zero-order chi connectivity index (χ0) is 21.2. The second-order valence-electron chi connectivity index (χ2n) is 6.44. The first-order valence-corrected chi connectivity index (χ1v) is 9.40. The van der Waals surface area contributed by atoms with Crippen molar-refractivity contribution < 1.29 is 23.9 Å². The molecule has 0 saturated heterocycles. The van der Waals surface area contributed by atoms with Crippen molar-refractivity contribution in [1.29, 1.82) is 0 Å². The summed E-state index contributed by atoms with van der Waals surface area (Å²) in [6.45, 7) is -0.683. The van der Waals surface area contributed by atoms with E-state index in [1.165, 1.54) is 0 Å². The fraction of sp³-hybridized carbons (Fsp3) is 0.125. The Labute approximate surface area is 174 Å². The Kier molecular flexibility index (Phi) is 7.33. The monoisotopic (exact) mass is 403 g/mol. The number of alkyl carbamates (subject to hydrolysis) is 1. The molecule has 1 N–H and O–H groups in total. The highest BCUT2D eigenvalue weighted by atomic mass is 16.6. The third-order valence-electron chi connectivity index (χ3n) is 4.27. The fourth-order valence-electron chi connectivity index (χ4n) is 2.68. The van der Waals surface area contributed by atoms with E-state index in [-0.39, 0.29) is 18.9 Å². The number of nitrogens with one attached hydrogen (secondary N) is 1. The van der Waals surface area contributed by atoms with Crippen molar-refractivity contribution in [2.45, 2.75) is 6.61 Å². The number of benzene rings is 3. The standard InChI is InChI=1S/C24H21NO5/c26-22(21-13-11-20(12-14-21)19-9-5-2-6-10-19)17-29-23(27)15-25-24(28)30-16-18-7-3-1-4-8-18/h1-14H,15-17H2,(H,25,28). The van der Waals surface area contributed by atoms with Gasteiger partial charge in [-0.2, -0.15) is 0 Å². The summed E-state index contributed by atoms with van der Waals surface area (Å²) in [6.07, 6.45) is -0.737. The summed E-state index contributed by atoms with van der Waals surface area (Å²) < 4.78 is 9.92. The van der Waals surface area contributed by atoms with Crippen LogP contribution >= 0.6 is 0 Å². The van der Waals surface area contributed by atoms with Crippen LogP contribution in [0.5, 0.6) is 0 Å². The number of esters is 1. The molecule has 0 aliphatic heterocycles. The molecule has 0 aliphatic carbocycles. The van der Waals surface area contributed by atoms with Gasteiger partial charge in [-0.1, -0.05) is 84.9 Å². The maximum absolute atomic E-state index is 12.2. The Morgan fingerprint density at radius 2 is 1.30 bits per heavy atom. The molecule has 6 nitrogen and oxygen atoms in total. The van der Waals surface area contributed by atoms with E-state index < -0.39 is 18.7 Å². The van der Waals surface area contributed by atoms with E-state index in [1.54, 1.807) is 12.1 Å². The molecule has 0 atom stereocenters. The molecule has 0 bridgehead atoms. The van der Waals surface area contributed by atoms with Gasteiger partial charge in [0.2, 0.25) is 0 Å². The normalized spacial score (nSPS) is 10.1. The van der Waals surface area contributed by atoms with E-state index in [0.717, 1.165) is 16.7 Å². The van der Waals surface area contributed by atoms with Crippen LogP contribution in [0.4, 0.5) is 4.79 Å². The third-order valence-corrected chi connectivity index (χ3v) is 4.27. The number of Topliss-reactive ketones (excluding diaryl/α,β-unsaturated/α-hetero) is 1. The molecule has 0 saturated carbocycles. The third kappa shape index (κ3) is 6.31. The molecule has 0 aromatic heterocycles. The lowest BCUT2D eigenvalue weighted by Gasteiger charge is -2.08. The lowest BCUT2D eigenvalue weighted by atomic mass is 10.0. The largest absolute Gasteiger partial charge is 0.456 e. The van der Waals surface area contributed by atoms with Crippen LogP contribution in [0.2, 0.25) is 0 Å². The fourth-order valence-corrected chi connectivity index (χ4v) is 2.68. The van der Waals surface area contributed by atoms with Gasteiger partial charge in [-0.25, -0.2) is 4.79 Å². The molecule has 0 fully saturated rings. The highest BCUT2D eigenvalue weighted by molar-refractivity contribution is 5.98. The molecule has 3 aromatic carbocycles. The lowest BCUT2D eigenvalue weighted by Crippen LogP contribution is -2.31. The Balaban J connectivity index is 1.39. The Morgan fingerprint density at radius 3 is 1.97 bits per heavy atom. The molecule has 3 rings (SSSR count). The molecule has 0 heterocycles. The topological polar surface area (TPSA) is 81.7 Å². The zero-order valence-electron chi connectivity index (χ0n) is 16.2. The number of ketones is 1. The van der Waals surface area contributed by atoms with Crippen molar-refractivity contribution in [3.8, 4) is 11.1 Å². The van der Waals surface area contributed by atoms with E-state index in [9.17, 15) is 14.4 Å². The minimum Gasteiger partial charge on any atom is -0.456 e. The maximum Gasteiger partial charge on any atom is 0.407 e. The SMILES string of the molecule is O=C(CNC(=O)OCc1ccccc1)OCC(=O)c1ccc(-c2ccccc2)cc1. The van der Waals surface area contributed by atoms with E-state index in [1.807, 2.05) is 72.8 Å². The Hall–Kier alpha value is -3.93. The summed E-state index contributed by atoms with van der Waals surface area (Å²) in [4.78, 5) is 35.6. The van der Waals surface area contributed by atoms with E-state index in [2.05, 4.69) is 5.32 Å². The number of ether oxygens (including phenoxy) is 2. The van der Waals surface area contributed by atoms with Crippen molar-refractivity contribution in [1.82, 2.24) is 5.32 Å². The van der Waals surface area contributed by atoms with Gasteiger partial charge < -0.3 is 14.8 Å². The number of hydrogen-bond acceptors (Lipinski definition) is 5. The molecule has 1 amide bonds. The highest BCUT2D eigenvalue weighted by Crippen LogP contribution is 2.19. The van der Waals surface area contributed by atoms with Gasteiger partial charge in [-0.3, -0.25) is 9.59 Å². The van der Waals surface area contributed by atoms with Crippen molar-refractivity contribution in [3.63, 3.8) is 0 Å². The van der Waals surface area contributed by atoms with Crippen molar-refractivity contribution in [2.24, 2.45) is 0 Å². The van der Waals surface area contributed by atoms with Crippen molar-refractivity contribution >= 4 is 17.8 Å². The first-order chi connectivity index (χ1) is 14.6. The van der Waals surface area contributed by atoms with Crippen molar-refractivity contribution in [3.05, 3.63) is 96.1 Å². The van der Waals surface area contributed by atoms with Crippen LogP contribution in [0.1, 0.15) is 15.9 Å². The minimum atomic E-state index is -0.737. The quantitative estimate of drug-likeness (QED) is 0.454. The predicted molar refractivity (Wildman–Crippen MR) is 112 cm³/mol. The van der Waals surface area contributed by atoms with Crippen molar-refractivity contribution in [2.75, 3.05) is 13.2 Å². The Bertz CT molecular complexity index is 985. The number of hydrogen-bond donors (Lipinski definition) is 1. The van der Waals surface area contributed by atoms with Crippen LogP contribution in [0.25, 0.3) is 11.1 Å². The summed E-state index contributed by atoms with van der Waals surface area (Å²) >= 11 is 0. The van der Waals surface area contributed by atoms with Gasteiger partial charge in [0.05, 0.1) is 0 Å². The molecule has 3 aromatic rings. The molecule has 0 unspecified atom stereocenters. The average Bonchev–Trinajstić information content (AvgIpc) is 2.81. The van der Waals surface area contributed by atoms with Crippen LogP contribution in [0.3, 0.4) is 0 Å². The number of amides is 1. The lowest BCUT2D eigenvalue weighted by molar-refractivity contribution is -0.141. The summed E-state index contributed by atoms with van der Waals surface area (Å²) in [5.41, 5.74) is 3.31. The molecular formula is C24H21NO5. The van der Waals surface area contributed by atoms with Gasteiger partial charge in [0.25, 0.3) is 0 Å². The second kappa shape index (κ2) is 10.6. The molecule has 30 heavy (non-hydrogen) atoms. The summed E-state index contributed by atoms with van der Waals surface area (Å²) in [6, 6.07) is 26.0. The van der Waals surface area contributed by atoms with E-state index in [0.29, 0.717) is 5.56 Å². The number of carbonyl (C=O) groups excluding carboxylic acids is 3. The van der Waals surface area contributed by atoms with Crippen LogP contribution < -0.4 is 5.32 Å². The summed E-state index contributed by atoms with van der Waals surface area (Å²) in [7, 11) is 0. The number of rotatable bonds is 8. The molecule has 152 valence electrons. The first-order valence-electron chi connectivity index (χ1n) is 9.40. The van der Waals surface area contributed by atoms with Gasteiger partial charge in [-0.15, -0.1) is 0 Å². The van der Waals surface area contributed by atoms with Crippen LogP contribution in [-0.2, 0) is 20.9 Å².